The van der Waals surface area contributed by atoms with Gasteiger partial charge in [0.1, 0.15) is 0 Å². The molecule has 1 rings (SSSR count). The van der Waals surface area contributed by atoms with Crippen LogP contribution in [0.25, 0.3) is 0 Å². The maximum Gasteiger partial charge on any atom is 1.00 e. The molecule has 0 unspecified atom stereocenters. The van der Waals surface area contributed by atoms with Crippen LogP contribution in [0.15, 0.2) is 18.2 Å². The first-order valence-corrected chi connectivity index (χ1v) is 4.15. The van der Waals surface area contributed by atoms with E-state index >= 15 is 0 Å². The van der Waals surface area contributed by atoms with Crippen LogP contribution in [0.3, 0.4) is 0 Å². The van der Waals surface area contributed by atoms with Gasteiger partial charge < -0.3 is 12.9 Å². The molecule has 0 aliphatic rings. The molecular formula is C9H11BF3K. The first-order chi connectivity index (χ1) is 5.88. The Morgan fingerprint density at radius 3 is 2.14 bits per heavy atom. The van der Waals surface area contributed by atoms with Crippen LogP contribution in [-0.4, -0.2) is 6.98 Å². The van der Waals surface area contributed by atoms with Crippen molar-refractivity contribution in [3.63, 3.8) is 0 Å². The van der Waals surface area contributed by atoms with Crippen LogP contribution in [0.1, 0.15) is 16.7 Å². The monoisotopic (exact) mass is 226 g/mol. The molecule has 0 nitrogen and oxygen atoms in total. The summed E-state index contributed by atoms with van der Waals surface area (Å²) in [5, 5.41) is 0. The molecule has 0 N–H and O–H groups in total. The van der Waals surface area contributed by atoms with Gasteiger partial charge in [0.15, 0.2) is 0 Å². The Kier molecular flexibility index (Phi) is 5.99. The summed E-state index contributed by atoms with van der Waals surface area (Å²) in [5.74, 6) is 0. The first-order valence-electron chi connectivity index (χ1n) is 4.15. The Morgan fingerprint density at radius 1 is 1.14 bits per heavy atom. The van der Waals surface area contributed by atoms with Crippen LogP contribution in [0, 0.1) is 13.8 Å². The van der Waals surface area contributed by atoms with Gasteiger partial charge in [-0.2, -0.15) is 0 Å². The molecule has 0 amide bonds. The molecule has 72 valence electrons. The number of hydrogen-bond acceptors (Lipinski definition) is 0. The molecule has 0 aliphatic heterocycles. The fraction of sp³-hybridized carbons (Fsp3) is 0.333. The predicted octanol–water partition coefficient (Wildman–Crippen LogP) is 0.237. The Morgan fingerprint density at radius 2 is 1.71 bits per heavy atom. The molecule has 0 saturated carbocycles. The van der Waals surface area contributed by atoms with Crippen molar-refractivity contribution in [3.05, 3.63) is 34.9 Å². The van der Waals surface area contributed by atoms with Gasteiger partial charge in [0.25, 0.3) is 0 Å². The van der Waals surface area contributed by atoms with Gasteiger partial charge in [-0.05, 0) is 13.8 Å². The maximum atomic E-state index is 12.1. The molecule has 1 aromatic rings. The second kappa shape index (κ2) is 5.70. The van der Waals surface area contributed by atoms with E-state index in [0.717, 1.165) is 11.1 Å². The van der Waals surface area contributed by atoms with Crippen molar-refractivity contribution < 1.29 is 64.3 Å². The van der Waals surface area contributed by atoms with E-state index in [1.807, 2.05) is 6.92 Å². The first kappa shape index (κ1) is 14.7. The standard InChI is InChI=1S/C9H11BF3.K/c1-7-3-4-9(8(2)5-7)6-10(11,12)13;/h3-5H,6H2,1-2H3;/q-1;+1. The minimum absolute atomic E-state index is 0. The Balaban J connectivity index is 0.00000169. The van der Waals surface area contributed by atoms with E-state index in [1.165, 1.54) is 0 Å². The number of benzene rings is 1. The summed E-state index contributed by atoms with van der Waals surface area (Å²) < 4.78 is 36.3. The minimum atomic E-state index is -4.71. The summed E-state index contributed by atoms with van der Waals surface area (Å²) in [7, 11) is 0. The van der Waals surface area contributed by atoms with Crippen molar-refractivity contribution in [1.29, 1.82) is 0 Å². The van der Waals surface area contributed by atoms with E-state index in [1.54, 1.807) is 25.1 Å². The third-order valence-electron chi connectivity index (χ3n) is 1.95. The predicted molar refractivity (Wildman–Crippen MR) is 48.7 cm³/mol. The fourth-order valence-electron chi connectivity index (χ4n) is 1.32. The molecule has 14 heavy (non-hydrogen) atoms. The van der Waals surface area contributed by atoms with E-state index < -0.39 is 13.3 Å². The molecule has 0 fully saturated rings. The molecule has 1 aromatic carbocycles. The van der Waals surface area contributed by atoms with Gasteiger partial charge in [0.05, 0.1) is 0 Å². The molecule has 0 radical (unpaired) electrons. The second-order valence-electron chi connectivity index (χ2n) is 3.34. The van der Waals surface area contributed by atoms with Gasteiger partial charge >= 0.3 is 58.4 Å². The zero-order chi connectivity index (χ0) is 10.1. The summed E-state index contributed by atoms with van der Waals surface area (Å²) in [4.78, 5) is 0. The molecule has 0 saturated heterocycles. The van der Waals surface area contributed by atoms with Gasteiger partial charge in [-0.1, -0.05) is 41.2 Å². The van der Waals surface area contributed by atoms with Crippen molar-refractivity contribution in [2.45, 2.75) is 20.2 Å². The third kappa shape index (κ3) is 4.98. The molecular weight excluding hydrogens is 215 g/mol. The van der Waals surface area contributed by atoms with Gasteiger partial charge in [-0.3, -0.25) is 0 Å². The number of rotatable bonds is 2. The van der Waals surface area contributed by atoms with Crippen LogP contribution in [0.2, 0.25) is 0 Å². The Labute approximate surface area is 125 Å². The van der Waals surface area contributed by atoms with Crippen LogP contribution in [-0.2, 0) is 6.32 Å². The molecule has 0 atom stereocenters. The summed E-state index contributed by atoms with van der Waals surface area (Å²) in [6.07, 6.45) is -0.772. The summed E-state index contributed by atoms with van der Waals surface area (Å²) in [6, 6.07) is 5.04. The number of halogens is 3. The third-order valence-corrected chi connectivity index (χ3v) is 1.95. The van der Waals surface area contributed by atoms with E-state index in [0.29, 0.717) is 5.56 Å². The Bertz CT molecular complexity index is 309. The van der Waals surface area contributed by atoms with Gasteiger partial charge in [0.2, 0.25) is 0 Å². The average molecular weight is 226 g/mol. The van der Waals surface area contributed by atoms with E-state index in [-0.39, 0.29) is 51.4 Å². The van der Waals surface area contributed by atoms with Gasteiger partial charge in [0, 0.05) is 0 Å². The molecule has 0 spiro atoms. The van der Waals surface area contributed by atoms with Crippen molar-refractivity contribution in [2.24, 2.45) is 0 Å². The van der Waals surface area contributed by atoms with Crippen LogP contribution in [0.5, 0.6) is 0 Å². The average Bonchev–Trinajstić information content (AvgIpc) is 1.93. The zero-order valence-electron chi connectivity index (χ0n) is 8.65. The van der Waals surface area contributed by atoms with E-state index in [2.05, 4.69) is 0 Å². The normalized spacial score (nSPS) is 10.9. The van der Waals surface area contributed by atoms with E-state index in [9.17, 15) is 12.9 Å². The van der Waals surface area contributed by atoms with Crippen LogP contribution < -0.4 is 51.4 Å². The second-order valence-corrected chi connectivity index (χ2v) is 3.34. The topological polar surface area (TPSA) is 0 Å². The summed E-state index contributed by atoms with van der Waals surface area (Å²) in [5.41, 5.74) is 2.10. The SMILES string of the molecule is Cc1ccc(C[B-](F)(F)F)c(C)c1.[K+]. The number of aryl methyl sites for hydroxylation is 2. The smallest absolute Gasteiger partial charge is 0.449 e. The summed E-state index contributed by atoms with van der Waals surface area (Å²) in [6.45, 7) is -1.13. The molecule has 0 bridgehead atoms. The molecule has 5 heteroatoms. The molecule has 0 heterocycles. The molecule has 0 aliphatic carbocycles. The van der Waals surface area contributed by atoms with Gasteiger partial charge in [-0.25, -0.2) is 0 Å². The fourth-order valence-corrected chi connectivity index (χ4v) is 1.32. The Hall–Kier alpha value is 0.711. The van der Waals surface area contributed by atoms with Crippen molar-refractivity contribution >= 4 is 6.98 Å². The zero-order valence-corrected chi connectivity index (χ0v) is 11.8. The largest absolute Gasteiger partial charge is 1.00 e. The maximum absolute atomic E-state index is 12.1. The quantitative estimate of drug-likeness (QED) is 0.633. The van der Waals surface area contributed by atoms with Crippen molar-refractivity contribution in [2.75, 3.05) is 0 Å². The van der Waals surface area contributed by atoms with E-state index in [4.69, 9.17) is 0 Å². The van der Waals surface area contributed by atoms with Gasteiger partial charge in [-0.15, -0.1) is 0 Å². The summed E-state index contributed by atoms with van der Waals surface area (Å²) >= 11 is 0. The van der Waals surface area contributed by atoms with Crippen molar-refractivity contribution in [1.82, 2.24) is 0 Å². The molecule has 0 aromatic heterocycles. The van der Waals surface area contributed by atoms with Crippen LogP contribution in [0.4, 0.5) is 12.9 Å². The minimum Gasteiger partial charge on any atom is -0.449 e. The number of hydrogen-bond donors (Lipinski definition) is 0. The van der Waals surface area contributed by atoms with Crippen LogP contribution >= 0.6 is 0 Å². The van der Waals surface area contributed by atoms with Crippen molar-refractivity contribution in [3.8, 4) is 0 Å².